The van der Waals surface area contributed by atoms with Crippen molar-refractivity contribution in [2.24, 2.45) is 0 Å². The summed E-state index contributed by atoms with van der Waals surface area (Å²) in [5.74, 6) is 0. The number of rotatable bonds is 14. The molecule has 0 bridgehead atoms. The molecule has 542 valence electrons. The van der Waals surface area contributed by atoms with E-state index in [2.05, 4.69) is 465 Å². The van der Waals surface area contributed by atoms with Gasteiger partial charge in [-0.25, -0.2) is 0 Å². The Bertz CT molecular complexity index is 6740. The Morgan fingerprint density at radius 1 is 0.167 bits per heavy atom. The summed E-state index contributed by atoms with van der Waals surface area (Å²) in [6, 6.07) is 148. The average Bonchev–Trinajstić information content (AvgIpc) is 0.674. The van der Waals surface area contributed by atoms with E-state index in [1.165, 1.54) is 22.3 Å². The third-order valence-electron chi connectivity index (χ3n) is 23.0. The third kappa shape index (κ3) is 11.2. The first-order chi connectivity index (χ1) is 56.2. The smallest absolute Gasteiger partial charge is 0.0949 e. The van der Waals surface area contributed by atoms with Crippen LogP contribution in [0.15, 0.2) is 400 Å². The van der Waals surface area contributed by atoms with Crippen LogP contribution in [0, 0.1) is 27.7 Å². The fraction of sp³-hybridized carbons (Fsp3) is 0.0377. The van der Waals surface area contributed by atoms with Crippen molar-refractivity contribution in [3.8, 4) is 67.3 Å². The number of aryl methyl sites for hydroxylation is 4. The van der Waals surface area contributed by atoms with E-state index in [1.807, 2.05) is 0 Å². The molecule has 21 aromatic rings. The van der Waals surface area contributed by atoms with Crippen LogP contribution in [0.5, 0.6) is 0 Å². The maximum absolute atomic E-state index is 2.58. The molecule has 17 aromatic carbocycles. The summed E-state index contributed by atoms with van der Waals surface area (Å²) in [5.41, 5.74) is 38.9. The molecule has 0 atom stereocenters. The average molecular weight is 1460 g/mol. The Kier molecular flexibility index (Phi) is 16.3. The maximum Gasteiger partial charge on any atom is 0.0949 e. The van der Waals surface area contributed by atoms with Gasteiger partial charge in [-0.05, 0) is 252 Å². The number of para-hydroxylation sites is 8. The molecule has 114 heavy (non-hydrogen) atoms. The van der Waals surface area contributed by atoms with Crippen LogP contribution in [0.3, 0.4) is 0 Å². The Hall–Kier alpha value is -14.9. The molecule has 0 radical (unpaired) electrons. The molecule has 0 saturated heterocycles. The van der Waals surface area contributed by atoms with Crippen LogP contribution in [-0.2, 0) is 0 Å². The molecule has 4 aromatic heterocycles. The zero-order chi connectivity index (χ0) is 76.1. The normalized spacial score (nSPS) is 11.7. The molecule has 0 aliphatic carbocycles. The molecule has 0 unspecified atom stereocenters. The van der Waals surface area contributed by atoms with E-state index in [4.69, 9.17) is 0 Å². The topological polar surface area (TPSA) is 35.0 Å². The van der Waals surface area contributed by atoms with E-state index in [9.17, 15) is 0 Å². The van der Waals surface area contributed by atoms with Gasteiger partial charge in [-0.1, -0.05) is 243 Å². The van der Waals surface area contributed by atoms with Crippen LogP contribution >= 0.6 is 0 Å². The quantitative estimate of drug-likeness (QED) is 0.0803. The van der Waals surface area contributed by atoms with Gasteiger partial charge in [0.2, 0.25) is 0 Å². The number of nitrogens with zero attached hydrogens (tertiary/aromatic N) is 8. The van der Waals surface area contributed by atoms with E-state index in [0.717, 1.165) is 179 Å². The van der Waals surface area contributed by atoms with Crippen LogP contribution < -0.4 is 9.80 Å². The van der Waals surface area contributed by atoms with Gasteiger partial charge in [0.25, 0.3) is 0 Å². The van der Waals surface area contributed by atoms with Gasteiger partial charge in [0, 0.05) is 45.5 Å². The van der Waals surface area contributed by atoms with Crippen LogP contribution in [0.4, 0.5) is 34.1 Å². The van der Waals surface area contributed by atoms with Crippen LogP contribution in [0.1, 0.15) is 22.3 Å². The van der Waals surface area contributed by atoms with Gasteiger partial charge in [0.1, 0.15) is 0 Å². The molecule has 21 rings (SSSR count). The molecule has 0 amide bonds. The lowest BCUT2D eigenvalue weighted by molar-refractivity contribution is 1.08. The van der Waals surface area contributed by atoms with Crippen molar-refractivity contribution in [1.29, 1.82) is 0 Å². The molecule has 0 fully saturated rings. The second-order valence-electron chi connectivity index (χ2n) is 30.0. The van der Waals surface area contributed by atoms with Gasteiger partial charge < -0.3 is 36.9 Å². The van der Waals surface area contributed by atoms with Crippen molar-refractivity contribution in [3.63, 3.8) is 0 Å². The van der Waals surface area contributed by atoms with E-state index >= 15 is 0 Å². The molecule has 0 aliphatic rings. The van der Waals surface area contributed by atoms with E-state index in [-0.39, 0.29) is 0 Å². The Morgan fingerprint density at radius 3 is 0.640 bits per heavy atom. The van der Waals surface area contributed by atoms with Crippen molar-refractivity contribution < 1.29 is 0 Å². The van der Waals surface area contributed by atoms with Crippen molar-refractivity contribution in [2.75, 3.05) is 9.80 Å². The number of anilines is 6. The maximum atomic E-state index is 2.58. The number of aromatic nitrogens is 6. The molecule has 8 nitrogen and oxygen atoms in total. The summed E-state index contributed by atoms with van der Waals surface area (Å²) < 4.78 is 15.2. The molecule has 4 heterocycles. The minimum absolute atomic E-state index is 1.00. The largest absolute Gasteiger partial charge is 0.310 e. The van der Waals surface area contributed by atoms with Gasteiger partial charge in [0.05, 0.1) is 88.6 Å². The summed E-state index contributed by atoms with van der Waals surface area (Å²) in [5, 5.41) is 0. The fourth-order valence-corrected chi connectivity index (χ4v) is 17.9. The SMILES string of the molecule is Cc1cc(-c2ccccc2)ccc1N(c1cc2c3c(c1)n(-c1ccccc1)c1cc4c(cc1n3c1ccccc1n2-c1ccccc1)n1c2ccccc2n(-c2ccccc2)c2cc(N(c3ccc(-c5ccccc5)cc3C)c3ccc(-c5ccccc5)cc3C)cc(c21)n4-c1ccccc1)c1ccc(-c2ccccc2)cc1C. The van der Waals surface area contributed by atoms with Gasteiger partial charge in [-0.3, -0.25) is 0 Å². The molecule has 0 aliphatic heterocycles. The van der Waals surface area contributed by atoms with E-state index < -0.39 is 0 Å². The first-order valence-corrected chi connectivity index (χ1v) is 39.2. The molecular weight excluding hydrogens is 1390 g/mol. The standard InChI is InChI=1S/C106H78N8/c1-71-61-79(75-33-13-5-14-34-75)53-57-89(71)111(90-58-54-80(62-72(90)2)76-35-15-6-16-36-76)87-65-101-105-103(67-87)109(85-45-25-11-26-46-85)97-69-98-100(70-99(97)113(105)95-51-31-29-49-93(95)107(101)83-41-21-9-22-42-83)114-96-52-32-30-50-94(96)108(84-43-23-10-24-44-84)102-66-88(68-104(106(102)114)110(98)86-47-27-12-28-48-86)112(91-59-55-81(63-73(91)3)77-37-17-7-18-38-77)92-60-56-82(64-74(92)4)78-39-19-8-20-40-78/h5-70H,1-4H3. The summed E-state index contributed by atoms with van der Waals surface area (Å²) >= 11 is 0. The van der Waals surface area contributed by atoms with Crippen molar-refractivity contribution >= 4 is 111 Å². The minimum Gasteiger partial charge on any atom is -0.310 e. The predicted molar refractivity (Wildman–Crippen MR) is 478 cm³/mol. The van der Waals surface area contributed by atoms with Crippen LogP contribution in [0.2, 0.25) is 0 Å². The highest BCUT2D eigenvalue weighted by atomic mass is 15.2. The van der Waals surface area contributed by atoms with Gasteiger partial charge in [-0.2, -0.15) is 0 Å². The second kappa shape index (κ2) is 27.6. The fourth-order valence-electron chi connectivity index (χ4n) is 17.9. The Labute approximate surface area is 661 Å². The first kappa shape index (κ1) is 67.3. The second-order valence-corrected chi connectivity index (χ2v) is 30.0. The van der Waals surface area contributed by atoms with Crippen LogP contribution in [0.25, 0.3) is 144 Å². The number of fused-ring (bicyclic) bond motifs is 8. The molecule has 0 saturated carbocycles. The van der Waals surface area contributed by atoms with Crippen LogP contribution in [-0.4, -0.2) is 27.1 Å². The Morgan fingerprint density at radius 2 is 0.386 bits per heavy atom. The third-order valence-corrected chi connectivity index (χ3v) is 23.0. The minimum atomic E-state index is 1.00. The lowest BCUT2D eigenvalue weighted by atomic mass is 9.99. The van der Waals surface area contributed by atoms with Crippen molar-refractivity contribution in [1.82, 2.24) is 27.1 Å². The summed E-state index contributed by atoms with van der Waals surface area (Å²) in [4.78, 5) is 5.03. The molecule has 8 heteroatoms. The highest BCUT2D eigenvalue weighted by Gasteiger charge is 2.30. The van der Waals surface area contributed by atoms with E-state index in [0.29, 0.717) is 0 Å². The predicted octanol–water partition coefficient (Wildman–Crippen LogP) is 28.2. The first-order valence-electron chi connectivity index (χ1n) is 39.2. The zero-order valence-electron chi connectivity index (χ0n) is 63.7. The highest BCUT2D eigenvalue weighted by Crippen LogP contribution is 2.49. The van der Waals surface area contributed by atoms with E-state index in [1.54, 1.807) is 0 Å². The monoisotopic (exact) mass is 1460 g/mol. The zero-order valence-corrected chi connectivity index (χ0v) is 63.7. The number of benzene rings is 17. The number of hydrogen-bond donors (Lipinski definition) is 0. The molecule has 0 spiro atoms. The molecular formula is C106H78N8. The van der Waals surface area contributed by atoms with Crippen molar-refractivity contribution in [3.05, 3.63) is 423 Å². The highest BCUT2D eigenvalue weighted by molar-refractivity contribution is 6.13. The Balaban J connectivity index is 0.938. The van der Waals surface area contributed by atoms with Crippen molar-refractivity contribution in [2.45, 2.75) is 27.7 Å². The molecule has 0 N–H and O–H groups in total. The summed E-state index contributed by atoms with van der Waals surface area (Å²) in [6.45, 7) is 9.07. The summed E-state index contributed by atoms with van der Waals surface area (Å²) in [7, 11) is 0. The number of hydrogen-bond acceptors (Lipinski definition) is 2. The summed E-state index contributed by atoms with van der Waals surface area (Å²) in [6.07, 6.45) is 0. The lowest BCUT2D eigenvalue weighted by Crippen LogP contribution is -2.17. The van der Waals surface area contributed by atoms with Gasteiger partial charge in [-0.15, -0.1) is 0 Å². The lowest BCUT2D eigenvalue weighted by Gasteiger charge is -2.32. The van der Waals surface area contributed by atoms with Gasteiger partial charge in [0.15, 0.2) is 0 Å². The van der Waals surface area contributed by atoms with Gasteiger partial charge >= 0.3 is 0 Å².